The molecule has 1 heterocycles. The van der Waals surface area contributed by atoms with Gasteiger partial charge in [0, 0.05) is 24.8 Å². The number of fused-ring (bicyclic) bond motifs is 1. The summed E-state index contributed by atoms with van der Waals surface area (Å²) in [4.78, 5) is 23.6. The molecule has 104 valence electrons. The minimum Gasteiger partial charge on any atom is -0.466 e. The second-order valence-electron chi connectivity index (χ2n) is 5.42. The smallest absolute Gasteiger partial charge is 0.333 e. The van der Waals surface area contributed by atoms with Gasteiger partial charge in [0.2, 0.25) is 0 Å². The number of ether oxygens (including phenoxy) is 3. The first kappa shape index (κ1) is 12.8. The molecule has 1 aliphatic heterocycles. The topological polar surface area (TPSA) is 61.8 Å². The van der Waals surface area contributed by atoms with Crippen LogP contribution in [0.1, 0.15) is 38.5 Å². The van der Waals surface area contributed by atoms with E-state index in [1.54, 1.807) is 6.08 Å². The molecule has 1 saturated carbocycles. The van der Waals surface area contributed by atoms with Gasteiger partial charge in [0.25, 0.3) is 0 Å². The molecule has 3 rings (SSSR count). The number of hydrogen-bond donors (Lipinski definition) is 0. The van der Waals surface area contributed by atoms with Crippen LogP contribution in [0.25, 0.3) is 0 Å². The maximum absolute atomic E-state index is 12.1. The first-order valence-electron chi connectivity index (χ1n) is 6.81. The SMILES string of the molecule is COC(=O)C1=C[C@H]2OC3(CCCCC3)O[C@H]2C(=O)C1. The molecule has 0 radical (unpaired) electrons. The molecule has 0 N–H and O–H groups in total. The molecule has 5 heteroatoms. The van der Waals surface area contributed by atoms with Gasteiger partial charge in [-0.3, -0.25) is 4.79 Å². The van der Waals surface area contributed by atoms with Gasteiger partial charge in [0.15, 0.2) is 11.6 Å². The number of ketones is 1. The van der Waals surface area contributed by atoms with Crippen molar-refractivity contribution in [1.82, 2.24) is 0 Å². The standard InChI is InChI=1S/C14H18O5/c1-17-13(16)9-7-10(15)12-11(8-9)18-14(19-12)5-3-2-4-6-14/h8,11-12H,2-7H2,1H3/t11-,12+/m1/s1. The van der Waals surface area contributed by atoms with Crippen LogP contribution >= 0.6 is 0 Å². The molecular formula is C14H18O5. The van der Waals surface area contributed by atoms with Crippen LogP contribution in [0.3, 0.4) is 0 Å². The molecule has 2 aliphatic carbocycles. The minimum atomic E-state index is -0.606. The Bertz CT molecular complexity index is 433. The maximum atomic E-state index is 12.1. The van der Waals surface area contributed by atoms with Crippen molar-refractivity contribution in [2.24, 2.45) is 0 Å². The monoisotopic (exact) mass is 266 g/mol. The van der Waals surface area contributed by atoms with Crippen molar-refractivity contribution in [3.63, 3.8) is 0 Å². The normalized spacial score (nSPS) is 32.9. The van der Waals surface area contributed by atoms with Crippen molar-refractivity contribution in [2.45, 2.75) is 56.5 Å². The molecule has 3 aliphatic rings. The van der Waals surface area contributed by atoms with Gasteiger partial charge in [-0.15, -0.1) is 0 Å². The first-order chi connectivity index (χ1) is 9.13. The summed E-state index contributed by atoms with van der Waals surface area (Å²) in [6.45, 7) is 0. The van der Waals surface area contributed by atoms with E-state index in [-0.39, 0.29) is 12.2 Å². The summed E-state index contributed by atoms with van der Waals surface area (Å²) in [5.41, 5.74) is 0.380. The van der Waals surface area contributed by atoms with Crippen LogP contribution in [0.5, 0.6) is 0 Å². The van der Waals surface area contributed by atoms with Crippen LogP contribution in [0.2, 0.25) is 0 Å². The van der Waals surface area contributed by atoms with E-state index in [2.05, 4.69) is 4.74 Å². The summed E-state index contributed by atoms with van der Waals surface area (Å²) in [7, 11) is 1.31. The number of methoxy groups -OCH3 is 1. The number of Topliss-reactive ketones (excluding diaryl/α,β-unsaturated/α-hetero) is 1. The van der Waals surface area contributed by atoms with E-state index in [0.29, 0.717) is 5.57 Å². The quantitative estimate of drug-likeness (QED) is 0.673. The van der Waals surface area contributed by atoms with Crippen LogP contribution in [0.4, 0.5) is 0 Å². The van der Waals surface area contributed by atoms with Gasteiger partial charge >= 0.3 is 5.97 Å². The molecule has 1 saturated heterocycles. The van der Waals surface area contributed by atoms with E-state index in [9.17, 15) is 9.59 Å². The Hall–Kier alpha value is -1.20. The summed E-state index contributed by atoms with van der Waals surface area (Å²) in [5, 5.41) is 0. The molecule has 0 bridgehead atoms. The Morgan fingerprint density at radius 1 is 1.32 bits per heavy atom. The fraction of sp³-hybridized carbons (Fsp3) is 0.714. The zero-order valence-electron chi connectivity index (χ0n) is 11.0. The lowest BCUT2D eigenvalue weighted by Gasteiger charge is -2.31. The Kier molecular flexibility index (Phi) is 3.19. The lowest BCUT2D eigenvalue weighted by atomic mass is 9.94. The van der Waals surface area contributed by atoms with E-state index >= 15 is 0 Å². The fourth-order valence-corrected chi connectivity index (χ4v) is 3.15. The molecule has 0 aromatic carbocycles. The van der Waals surface area contributed by atoms with Gasteiger partial charge in [-0.25, -0.2) is 4.79 Å². The molecule has 0 unspecified atom stereocenters. The van der Waals surface area contributed by atoms with Crippen LogP contribution < -0.4 is 0 Å². The highest BCUT2D eigenvalue weighted by molar-refractivity contribution is 5.99. The number of carbonyl (C=O) groups is 2. The summed E-state index contributed by atoms with van der Waals surface area (Å²) in [5.74, 6) is -1.15. The van der Waals surface area contributed by atoms with E-state index in [1.165, 1.54) is 13.5 Å². The second-order valence-corrected chi connectivity index (χ2v) is 5.42. The summed E-state index contributed by atoms with van der Waals surface area (Å²) in [6, 6.07) is 0. The van der Waals surface area contributed by atoms with Crippen molar-refractivity contribution in [3.05, 3.63) is 11.6 Å². The van der Waals surface area contributed by atoms with Crippen LogP contribution in [0.15, 0.2) is 11.6 Å². The molecule has 1 spiro atoms. The number of rotatable bonds is 1. The predicted molar refractivity (Wildman–Crippen MR) is 65.3 cm³/mol. The Labute approximate surface area is 111 Å². The van der Waals surface area contributed by atoms with E-state index < -0.39 is 24.0 Å². The molecule has 2 atom stereocenters. The van der Waals surface area contributed by atoms with E-state index in [1.807, 2.05) is 0 Å². The Morgan fingerprint density at radius 2 is 2.05 bits per heavy atom. The average molecular weight is 266 g/mol. The summed E-state index contributed by atoms with van der Waals surface area (Å²) in [6.07, 6.45) is 5.74. The van der Waals surface area contributed by atoms with E-state index in [0.717, 1.165) is 25.7 Å². The molecule has 0 aromatic rings. The van der Waals surface area contributed by atoms with Crippen LogP contribution in [0, 0.1) is 0 Å². The minimum absolute atomic E-state index is 0.0767. The predicted octanol–water partition coefficient (Wildman–Crippen LogP) is 1.50. The Morgan fingerprint density at radius 3 is 2.74 bits per heavy atom. The van der Waals surface area contributed by atoms with Gasteiger partial charge in [0.1, 0.15) is 12.2 Å². The highest BCUT2D eigenvalue weighted by Crippen LogP contribution is 2.43. The molecule has 0 amide bonds. The number of hydrogen-bond acceptors (Lipinski definition) is 5. The molecule has 5 nitrogen and oxygen atoms in total. The zero-order chi connectivity index (χ0) is 13.5. The van der Waals surface area contributed by atoms with Gasteiger partial charge in [-0.05, 0) is 18.9 Å². The van der Waals surface area contributed by atoms with Crippen LogP contribution in [-0.4, -0.2) is 36.9 Å². The highest BCUT2D eigenvalue weighted by Gasteiger charge is 2.51. The highest BCUT2D eigenvalue weighted by atomic mass is 16.8. The van der Waals surface area contributed by atoms with Crippen molar-refractivity contribution in [2.75, 3.05) is 7.11 Å². The number of esters is 1. The molecule has 19 heavy (non-hydrogen) atoms. The van der Waals surface area contributed by atoms with Crippen molar-refractivity contribution >= 4 is 11.8 Å². The first-order valence-corrected chi connectivity index (χ1v) is 6.81. The third kappa shape index (κ3) is 2.21. The second kappa shape index (κ2) is 4.72. The largest absolute Gasteiger partial charge is 0.466 e. The molecule has 0 aromatic heterocycles. The van der Waals surface area contributed by atoms with Crippen LogP contribution in [-0.2, 0) is 23.8 Å². The van der Waals surface area contributed by atoms with Gasteiger partial charge in [0.05, 0.1) is 7.11 Å². The van der Waals surface area contributed by atoms with Crippen molar-refractivity contribution < 1.29 is 23.8 Å². The third-order valence-corrected chi connectivity index (χ3v) is 4.10. The third-order valence-electron chi connectivity index (χ3n) is 4.10. The number of carbonyl (C=O) groups excluding carboxylic acids is 2. The van der Waals surface area contributed by atoms with Gasteiger partial charge in [-0.2, -0.15) is 0 Å². The lowest BCUT2D eigenvalue weighted by molar-refractivity contribution is -0.192. The fourth-order valence-electron chi connectivity index (χ4n) is 3.15. The zero-order valence-corrected chi connectivity index (χ0v) is 11.0. The molecule has 2 fully saturated rings. The van der Waals surface area contributed by atoms with Gasteiger partial charge in [-0.1, -0.05) is 6.42 Å². The lowest BCUT2D eigenvalue weighted by Crippen LogP contribution is -2.36. The summed E-state index contributed by atoms with van der Waals surface area (Å²) < 4.78 is 16.5. The maximum Gasteiger partial charge on any atom is 0.333 e. The summed E-state index contributed by atoms with van der Waals surface area (Å²) >= 11 is 0. The molecular weight excluding hydrogens is 248 g/mol. The van der Waals surface area contributed by atoms with E-state index in [4.69, 9.17) is 9.47 Å². The van der Waals surface area contributed by atoms with Gasteiger partial charge < -0.3 is 14.2 Å². The Balaban J connectivity index is 1.82. The van der Waals surface area contributed by atoms with Crippen molar-refractivity contribution in [1.29, 1.82) is 0 Å². The van der Waals surface area contributed by atoms with Crippen molar-refractivity contribution in [3.8, 4) is 0 Å². The average Bonchev–Trinajstić information content (AvgIpc) is 2.77.